The van der Waals surface area contributed by atoms with E-state index in [1.165, 1.54) is 16.7 Å². The minimum Gasteiger partial charge on any atom is -0.321 e. The highest BCUT2D eigenvalue weighted by Gasteiger charge is 2.23. The first-order chi connectivity index (χ1) is 16.8. The van der Waals surface area contributed by atoms with Gasteiger partial charge >= 0.3 is 0 Å². The van der Waals surface area contributed by atoms with Crippen molar-refractivity contribution in [3.05, 3.63) is 137 Å². The molecular formula is C31H28N2O. The minimum atomic E-state index is -0.0363. The van der Waals surface area contributed by atoms with Crippen LogP contribution >= 0.6 is 0 Å². The Morgan fingerprint density at radius 1 is 0.676 bits per heavy atom. The summed E-state index contributed by atoms with van der Waals surface area (Å²) in [5, 5.41) is 2.98. The van der Waals surface area contributed by atoms with Crippen LogP contribution in [0, 0.1) is 0 Å². The van der Waals surface area contributed by atoms with E-state index in [4.69, 9.17) is 0 Å². The molecule has 0 bridgehead atoms. The maximum absolute atomic E-state index is 12.6. The van der Waals surface area contributed by atoms with Crippen molar-refractivity contribution in [2.45, 2.75) is 19.5 Å². The molecule has 34 heavy (non-hydrogen) atoms. The fourth-order valence-electron chi connectivity index (χ4n) is 4.52. The molecule has 4 aromatic rings. The molecule has 3 heteroatoms. The van der Waals surface area contributed by atoms with E-state index in [2.05, 4.69) is 89.1 Å². The molecule has 0 spiro atoms. The van der Waals surface area contributed by atoms with E-state index >= 15 is 0 Å². The van der Waals surface area contributed by atoms with E-state index in [-0.39, 0.29) is 5.91 Å². The number of para-hydroxylation sites is 1. The number of hydrogen-bond acceptors (Lipinski definition) is 2. The molecule has 1 heterocycles. The predicted octanol–water partition coefficient (Wildman–Crippen LogP) is 6.42. The van der Waals surface area contributed by atoms with Gasteiger partial charge in [0.25, 0.3) is 5.91 Å². The average Bonchev–Trinajstić information content (AvgIpc) is 3.19. The Morgan fingerprint density at radius 3 is 1.97 bits per heavy atom. The predicted molar refractivity (Wildman–Crippen MR) is 140 cm³/mol. The highest BCUT2D eigenvalue weighted by atomic mass is 16.2. The molecule has 1 N–H and O–H groups in total. The van der Waals surface area contributed by atoms with E-state index in [0.29, 0.717) is 0 Å². The maximum Gasteiger partial charge on any atom is 0.256 e. The lowest BCUT2D eigenvalue weighted by Gasteiger charge is -2.23. The average molecular weight is 445 g/mol. The van der Waals surface area contributed by atoms with E-state index < -0.39 is 0 Å². The lowest BCUT2D eigenvalue weighted by molar-refractivity contribution is -0.110. The second kappa shape index (κ2) is 10.3. The summed E-state index contributed by atoms with van der Waals surface area (Å²) in [5.41, 5.74) is 7.56. The van der Waals surface area contributed by atoms with Crippen molar-refractivity contribution in [2.75, 3.05) is 11.9 Å². The zero-order valence-corrected chi connectivity index (χ0v) is 19.2. The molecule has 3 nitrogen and oxygen atoms in total. The van der Waals surface area contributed by atoms with Gasteiger partial charge in [-0.3, -0.25) is 9.69 Å². The number of amides is 1. The van der Waals surface area contributed by atoms with Crippen molar-refractivity contribution in [1.29, 1.82) is 0 Å². The number of carbonyl (C=O) groups is 1. The first-order valence-corrected chi connectivity index (χ1v) is 11.8. The molecular weight excluding hydrogens is 416 g/mol. The van der Waals surface area contributed by atoms with Crippen LogP contribution in [0.3, 0.4) is 0 Å². The van der Waals surface area contributed by atoms with Crippen molar-refractivity contribution in [3.8, 4) is 0 Å². The number of hydrogen-bond donors (Lipinski definition) is 1. The normalized spacial score (nSPS) is 13.8. The van der Waals surface area contributed by atoms with Gasteiger partial charge in [-0.2, -0.15) is 0 Å². The third-order valence-electron chi connectivity index (χ3n) is 6.26. The van der Waals surface area contributed by atoms with Gasteiger partial charge in [-0.05, 0) is 40.8 Å². The van der Waals surface area contributed by atoms with Crippen LogP contribution in [-0.4, -0.2) is 17.4 Å². The molecule has 4 aromatic carbocycles. The topological polar surface area (TPSA) is 32.3 Å². The van der Waals surface area contributed by atoms with Crippen LogP contribution < -0.4 is 5.32 Å². The summed E-state index contributed by atoms with van der Waals surface area (Å²) in [6.07, 6.45) is 2.94. The summed E-state index contributed by atoms with van der Waals surface area (Å²) in [6.45, 7) is 2.72. The van der Waals surface area contributed by atoms with Crippen molar-refractivity contribution in [2.24, 2.45) is 0 Å². The quantitative estimate of drug-likeness (QED) is 0.318. The molecule has 168 valence electrons. The zero-order valence-electron chi connectivity index (χ0n) is 19.2. The standard InChI is InChI=1S/C31H28N2O/c34-31-29(28-17-9-10-18-30(28)32-31)21-27-16-8-7-15-26(27)19-20-33(22-24-11-3-1-4-12-24)23-25-13-5-2-6-14-25/h1-18,21H,19-20,22-23H2,(H,32,34)/b29-21+. The van der Waals surface area contributed by atoms with Gasteiger partial charge in [-0.25, -0.2) is 0 Å². The molecule has 0 atom stereocenters. The van der Waals surface area contributed by atoms with Crippen LogP contribution in [0.5, 0.6) is 0 Å². The van der Waals surface area contributed by atoms with Crippen LogP contribution in [0.15, 0.2) is 109 Å². The van der Waals surface area contributed by atoms with Gasteiger partial charge in [0.15, 0.2) is 0 Å². The van der Waals surface area contributed by atoms with Crippen LogP contribution in [0.25, 0.3) is 11.6 Å². The van der Waals surface area contributed by atoms with Gasteiger partial charge in [0.2, 0.25) is 0 Å². The fourth-order valence-corrected chi connectivity index (χ4v) is 4.52. The Morgan fingerprint density at radius 2 is 1.26 bits per heavy atom. The van der Waals surface area contributed by atoms with Crippen LogP contribution in [0.2, 0.25) is 0 Å². The minimum absolute atomic E-state index is 0.0363. The highest BCUT2D eigenvalue weighted by molar-refractivity contribution is 6.34. The number of rotatable bonds is 8. The van der Waals surface area contributed by atoms with Gasteiger partial charge in [0.1, 0.15) is 0 Å². The van der Waals surface area contributed by atoms with Crippen LogP contribution in [0.1, 0.15) is 27.8 Å². The lowest BCUT2D eigenvalue weighted by atomic mass is 9.99. The molecule has 0 radical (unpaired) electrons. The highest BCUT2D eigenvalue weighted by Crippen LogP contribution is 2.33. The molecule has 1 aliphatic rings. The van der Waals surface area contributed by atoms with E-state index in [9.17, 15) is 4.79 Å². The Hall–Kier alpha value is -3.95. The third kappa shape index (κ3) is 5.16. The molecule has 0 unspecified atom stereocenters. The molecule has 0 aliphatic carbocycles. The first-order valence-electron chi connectivity index (χ1n) is 11.8. The van der Waals surface area contributed by atoms with Gasteiger partial charge in [-0.15, -0.1) is 0 Å². The number of carbonyl (C=O) groups excluding carboxylic acids is 1. The smallest absolute Gasteiger partial charge is 0.256 e. The van der Waals surface area contributed by atoms with Crippen molar-refractivity contribution < 1.29 is 4.79 Å². The first kappa shape index (κ1) is 21.9. The molecule has 1 amide bonds. The summed E-state index contributed by atoms with van der Waals surface area (Å²) in [6, 6.07) is 37.6. The number of benzene rings is 4. The third-order valence-corrected chi connectivity index (χ3v) is 6.26. The van der Waals surface area contributed by atoms with Crippen molar-refractivity contribution in [3.63, 3.8) is 0 Å². The fraction of sp³-hybridized carbons (Fsp3) is 0.129. The largest absolute Gasteiger partial charge is 0.321 e. The summed E-state index contributed by atoms with van der Waals surface area (Å²) < 4.78 is 0. The number of fused-ring (bicyclic) bond motifs is 1. The molecule has 5 rings (SSSR count). The Labute approximate surface area is 201 Å². The molecule has 0 aromatic heterocycles. The van der Waals surface area contributed by atoms with Gasteiger partial charge < -0.3 is 5.32 Å². The van der Waals surface area contributed by atoms with E-state index in [0.717, 1.165) is 48.4 Å². The second-order valence-electron chi connectivity index (χ2n) is 8.69. The van der Waals surface area contributed by atoms with E-state index in [1.54, 1.807) is 0 Å². The Kier molecular flexibility index (Phi) is 6.64. The molecule has 0 fully saturated rings. The Bertz CT molecular complexity index is 1250. The lowest BCUT2D eigenvalue weighted by Crippen LogP contribution is -2.25. The summed E-state index contributed by atoms with van der Waals surface area (Å²) in [4.78, 5) is 15.1. The SMILES string of the molecule is O=C1Nc2ccccc2/C1=C\c1ccccc1CCN(Cc1ccccc1)Cc1ccccc1. The summed E-state index contributed by atoms with van der Waals surface area (Å²) >= 11 is 0. The number of nitrogens with zero attached hydrogens (tertiary/aromatic N) is 1. The summed E-state index contributed by atoms with van der Waals surface area (Å²) in [5.74, 6) is -0.0363. The van der Waals surface area contributed by atoms with Gasteiger partial charge in [-0.1, -0.05) is 103 Å². The molecule has 0 saturated carbocycles. The number of nitrogens with one attached hydrogen (secondary N) is 1. The number of anilines is 1. The van der Waals surface area contributed by atoms with Gasteiger partial charge in [0.05, 0.1) is 0 Å². The van der Waals surface area contributed by atoms with E-state index in [1.807, 2.05) is 36.4 Å². The van der Waals surface area contributed by atoms with Gasteiger partial charge in [0, 0.05) is 36.5 Å². The second-order valence-corrected chi connectivity index (χ2v) is 8.69. The monoisotopic (exact) mass is 444 g/mol. The van der Waals surface area contributed by atoms with Crippen molar-refractivity contribution >= 4 is 23.2 Å². The van der Waals surface area contributed by atoms with Crippen molar-refractivity contribution in [1.82, 2.24) is 4.90 Å². The zero-order chi connectivity index (χ0) is 23.2. The van der Waals surface area contributed by atoms with Crippen LogP contribution in [0.4, 0.5) is 5.69 Å². The maximum atomic E-state index is 12.6. The van der Waals surface area contributed by atoms with Crippen LogP contribution in [-0.2, 0) is 24.3 Å². The molecule has 1 aliphatic heterocycles. The summed E-state index contributed by atoms with van der Waals surface area (Å²) in [7, 11) is 0. The Balaban J connectivity index is 1.37. The molecule has 0 saturated heterocycles.